The molecule has 1 aliphatic rings. The van der Waals surface area contributed by atoms with E-state index in [1.165, 1.54) is 13.2 Å². The van der Waals surface area contributed by atoms with Crippen molar-refractivity contribution in [3.05, 3.63) is 84.1 Å². The highest BCUT2D eigenvalue weighted by Crippen LogP contribution is 2.35. The van der Waals surface area contributed by atoms with Crippen LogP contribution in [-0.4, -0.2) is 49.3 Å². The number of nitrogens with one attached hydrogen (secondary N) is 2. The fourth-order valence-corrected chi connectivity index (χ4v) is 5.56. The van der Waals surface area contributed by atoms with Crippen LogP contribution >= 0.6 is 0 Å². The lowest BCUT2D eigenvalue weighted by Crippen LogP contribution is -2.47. The summed E-state index contributed by atoms with van der Waals surface area (Å²) in [5.74, 6) is -0.205. The number of halogens is 1. The molecule has 9 heteroatoms. The van der Waals surface area contributed by atoms with Crippen LogP contribution in [-0.2, 0) is 6.42 Å². The Bertz CT molecular complexity index is 1640. The van der Waals surface area contributed by atoms with Crippen molar-refractivity contribution >= 4 is 22.5 Å². The first kappa shape index (κ1) is 24.1. The summed E-state index contributed by atoms with van der Waals surface area (Å²) in [6.45, 7) is 0. The minimum atomic E-state index is -1.14. The second-order valence-corrected chi connectivity index (χ2v) is 10.0. The van der Waals surface area contributed by atoms with Crippen LogP contribution in [0.4, 0.5) is 4.39 Å². The predicted molar refractivity (Wildman–Crippen MR) is 142 cm³/mol. The molecule has 5 aromatic rings. The molecule has 2 aromatic carbocycles. The summed E-state index contributed by atoms with van der Waals surface area (Å²) in [4.78, 5) is 17.6. The largest absolute Gasteiger partial charge is 0.496 e. The molecular formula is C29H28FN5O3. The molecule has 8 nitrogen and oxygen atoms in total. The van der Waals surface area contributed by atoms with E-state index >= 15 is 0 Å². The van der Waals surface area contributed by atoms with Gasteiger partial charge in [0.15, 0.2) is 0 Å². The van der Waals surface area contributed by atoms with Crippen LogP contribution in [0.5, 0.6) is 5.75 Å². The average molecular weight is 514 g/mol. The standard InChI is InChI=1S/C29H28FN5O3/c1-38-25-6-2-5-23(30)22(25)16-29(37)11-3-4-20(15-29)32-28(36)18-7-9-24-21(14-18)27(34-33-24)19-8-10-26-31-12-13-35(26)17-19/h2,5-10,12-14,17,20,37H,3-4,11,15-16H2,1H3,(H,32,36)(H,33,34)/t20-,29+/m1/s1. The summed E-state index contributed by atoms with van der Waals surface area (Å²) >= 11 is 0. The second kappa shape index (κ2) is 9.57. The zero-order valence-corrected chi connectivity index (χ0v) is 20.9. The number of carbonyl (C=O) groups excluding carboxylic acids is 1. The number of carbonyl (C=O) groups is 1. The smallest absolute Gasteiger partial charge is 0.251 e. The molecule has 3 aromatic heterocycles. The lowest BCUT2D eigenvalue weighted by molar-refractivity contribution is -0.00728. The van der Waals surface area contributed by atoms with E-state index < -0.39 is 11.4 Å². The van der Waals surface area contributed by atoms with Gasteiger partial charge in [-0.3, -0.25) is 9.89 Å². The number of hydrogen-bond donors (Lipinski definition) is 3. The van der Waals surface area contributed by atoms with E-state index in [1.807, 2.05) is 41.1 Å². The van der Waals surface area contributed by atoms with E-state index in [9.17, 15) is 14.3 Å². The van der Waals surface area contributed by atoms with Crippen LogP contribution in [0.2, 0.25) is 0 Å². The highest BCUT2D eigenvalue weighted by molar-refractivity contribution is 6.01. The van der Waals surface area contributed by atoms with Gasteiger partial charge in [0.25, 0.3) is 5.91 Å². The van der Waals surface area contributed by atoms with Crippen molar-refractivity contribution in [2.45, 2.75) is 43.7 Å². The fraction of sp³-hybridized carbons (Fsp3) is 0.276. The molecule has 0 saturated heterocycles. The number of hydrogen-bond acceptors (Lipinski definition) is 5. The molecule has 1 saturated carbocycles. The summed E-state index contributed by atoms with van der Waals surface area (Å²) in [6, 6.07) is 13.7. The van der Waals surface area contributed by atoms with E-state index in [0.29, 0.717) is 29.7 Å². The van der Waals surface area contributed by atoms with Crippen molar-refractivity contribution in [3.63, 3.8) is 0 Å². The Balaban J connectivity index is 1.21. The Kier molecular flexibility index (Phi) is 6.07. The van der Waals surface area contributed by atoms with Crippen molar-refractivity contribution < 1.29 is 19.0 Å². The number of amides is 1. The van der Waals surface area contributed by atoms with Gasteiger partial charge in [-0.25, -0.2) is 9.37 Å². The van der Waals surface area contributed by atoms with Crippen molar-refractivity contribution in [1.29, 1.82) is 0 Å². The number of benzene rings is 2. The average Bonchev–Trinajstić information content (AvgIpc) is 3.56. The lowest BCUT2D eigenvalue weighted by atomic mass is 9.77. The van der Waals surface area contributed by atoms with E-state index in [2.05, 4.69) is 20.5 Å². The van der Waals surface area contributed by atoms with Gasteiger partial charge in [-0.2, -0.15) is 5.10 Å². The number of aliphatic hydroxyl groups is 1. The molecule has 0 aliphatic heterocycles. The van der Waals surface area contributed by atoms with E-state index in [1.54, 1.807) is 24.4 Å². The number of imidazole rings is 1. The van der Waals surface area contributed by atoms with E-state index in [0.717, 1.165) is 40.6 Å². The minimum Gasteiger partial charge on any atom is -0.496 e. The van der Waals surface area contributed by atoms with E-state index in [4.69, 9.17) is 4.74 Å². The van der Waals surface area contributed by atoms with Crippen LogP contribution in [0.25, 0.3) is 27.8 Å². The molecule has 0 bridgehead atoms. The molecule has 0 unspecified atom stereocenters. The second-order valence-electron chi connectivity index (χ2n) is 10.0. The van der Waals surface area contributed by atoms with E-state index in [-0.39, 0.29) is 18.4 Å². The first-order valence-electron chi connectivity index (χ1n) is 12.7. The number of aromatic nitrogens is 4. The van der Waals surface area contributed by atoms with Gasteiger partial charge in [-0.1, -0.05) is 6.07 Å². The number of H-pyrrole nitrogens is 1. The number of ether oxygens (including phenoxy) is 1. The Morgan fingerprint density at radius 2 is 2.18 bits per heavy atom. The summed E-state index contributed by atoms with van der Waals surface area (Å²) in [5, 5.41) is 22.8. The molecule has 194 valence electrons. The number of rotatable bonds is 6. The molecule has 1 fully saturated rings. The third kappa shape index (κ3) is 4.50. The van der Waals surface area contributed by atoms with Crippen molar-refractivity contribution in [2.24, 2.45) is 0 Å². The molecule has 3 N–H and O–H groups in total. The number of fused-ring (bicyclic) bond motifs is 2. The van der Waals surface area contributed by atoms with Gasteiger partial charge in [0.05, 0.1) is 18.2 Å². The summed E-state index contributed by atoms with van der Waals surface area (Å²) in [5.41, 5.74) is 3.04. The van der Waals surface area contributed by atoms with Gasteiger partial charge >= 0.3 is 0 Å². The molecule has 3 heterocycles. The maximum atomic E-state index is 14.5. The third-order valence-corrected chi connectivity index (χ3v) is 7.45. The molecule has 2 atom stereocenters. The summed E-state index contributed by atoms with van der Waals surface area (Å²) in [7, 11) is 1.49. The quantitative estimate of drug-likeness (QED) is 0.306. The van der Waals surface area contributed by atoms with Crippen molar-refractivity contribution in [1.82, 2.24) is 24.9 Å². The Hall–Kier alpha value is -4.24. The zero-order valence-electron chi connectivity index (χ0n) is 20.9. The summed E-state index contributed by atoms with van der Waals surface area (Å²) < 4.78 is 21.8. The van der Waals surface area contributed by atoms with Gasteiger partial charge in [0.1, 0.15) is 22.9 Å². The van der Waals surface area contributed by atoms with Crippen LogP contribution in [0.3, 0.4) is 0 Å². The highest BCUT2D eigenvalue weighted by Gasteiger charge is 2.36. The van der Waals surface area contributed by atoms with Crippen LogP contribution < -0.4 is 10.1 Å². The molecule has 6 rings (SSSR count). The Morgan fingerprint density at radius 3 is 3.05 bits per heavy atom. The van der Waals surface area contributed by atoms with Gasteiger partial charge in [-0.15, -0.1) is 0 Å². The van der Waals surface area contributed by atoms with Gasteiger partial charge in [0, 0.05) is 53.1 Å². The lowest BCUT2D eigenvalue weighted by Gasteiger charge is -2.37. The van der Waals surface area contributed by atoms with Gasteiger partial charge in [-0.05, 0) is 68.1 Å². The molecule has 0 spiro atoms. The fourth-order valence-electron chi connectivity index (χ4n) is 5.56. The van der Waals surface area contributed by atoms with Gasteiger partial charge in [0.2, 0.25) is 0 Å². The maximum absolute atomic E-state index is 14.5. The topological polar surface area (TPSA) is 105 Å². The maximum Gasteiger partial charge on any atom is 0.251 e. The minimum absolute atomic E-state index is 0.126. The first-order valence-corrected chi connectivity index (χ1v) is 12.7. The predicted octanol–water partition coefficient (Wildman–Crippen LogP) is 4.67. The number of pyridine rings is 1. The van der Waals surface area contributed by atoms with Gasteiger partial charge < -0.3 is 19.6 Å². The van der Waals surface area contributed by atoms with Crippen molar-refractivity contribution in [3.8, 4) is 17.0 Å². The molecule has 1 amide bonds. The van der Waals surface area contributed by atoms with Crippen LogP contribution in [0.15, 0.2) is 67.1 Å². The Morgan fingerprint density at radius 1 is 1.29 bits per heavy atom. The SMILES string of the molecule is COc1cccc(F)c1C[C@]1(O)CCC[C@@H](NC(=O)c2ccc3[nH]nc(-c4ccc5nccn5c4)c3c2)C1. The number of methoxy groups -OCH3 is 1. The molecule has 0 radical (unpaired) electrons. The first-order chi connectivity index (χ1) is 18.4. The number of aromatic amines is 1. The Labute approximate surface area is 218 Å². The normalized spacial score (nSPS) is 19.6. The third-order valence-electron chi connectivity index (χ3n) is 7.45. The zero-order chi connectivity index (χ0) is 26.3. The van der Waals surface area contributed by atoms with Crippen LogP contribution in [0, 0.1) is 5.82 Å². The molecular weight excluding hydrogens is 485 g/mol. The molecule has 1 aliphatic carbocycles. The van der Waals surface area contributed by atoms with Crippen molar-refractivity contribution in [2.75, 3.05) is 7.11 Å². The van der Waals surface area contributed by atoms with Crippen LogP contribution in [0.1, 0.15) is 41.6 Å². The number of nitrogens with zero attached hydrogens (tertiary/aromatic N) is 3. The summed E-state index contributed by atoms with van der Waals surface area (Å²) in [6.07, 6.45) is 8.03. The highest BCUT2D eigenvalue weighted by atomic mass is 19.1. The monoisotopic (exact) mass is 513 g/mol. The molecule has 38 heavy (non-hydrogen) atoms.